The van der Waals surface area contributed by atoms with Crippen LogP contribution in [0.3, 0.4) is 0 Å². The van der Waals surface area contributed by atoms with E-state index in [1.165, 1.54) is 0 Å². The molecule has 2 N–H and O–H groups in total. The predicted molar refractivity (Wildman–Crippen MR) is 104 cm³/mol. The number of nitrogens with zero attached hydrogens (tertiary/aromatic N) is 3. The summed E-state index contributed by atoms with van der Waals surface area (Å²) in [5.41, 5.74) is 6.45. The van der Waals surface area contributed by atoms with Gasteiger partial charge in [0.25, 0.3) is 11.8 Å². The molecule has 0 saturated carbocycles. The Kier molecular flexibility index (Phi) is 7.60. The normalized spacial score (nSPS) is 14.6. The highest BCUT2D eigenvalue weighted by Gasteiger charge is 2.20. The number of piperazine rings is 1. The minimum absolute atomic E-state index is 0.0541. The standard InChI is InChI=1S/C19H29N5O3/c1-4-23(5-2)17-8-6-16(7-9-17)19(27)21-20-18(26)14-22-10-12-24(13-11-22)15(3)25/h6-9H,4-5,10-14H2,1-3H3,(H,20,26)(H,21,27). The molecule has 0 spiro atoms. The summed E-state index contributed by atoms with van der Waals surface area (Å²) in [6, 6.07) is 7.29. The van der Waals surface area contributed by atoms with Gasteiger partial charge >= 0.3 is 0 Å². The summed E-state index contributed by atoms with van der Waals surface area (Å²) in [5.74, 6) is -0.575. The fourth-order valence-corrected chi connectivity index (χ4v) is 3.07. The molecule has 0 bridgehead atoms. The van der Waals surface area contributed by atoms with Gasteiger partial charge in [-0.2, -0.15) is 0 Å². The molecule has 1 aromatic carbocycles. The lowest BCUT2D eigenvalue weighted by Crippen LogP contribution is -2.52. The molecule has 3 amide bonds. The zero-order valence-electron chi connectivity index (χ0n) is 16.3. The average Bonchev–Trinajstić information content (AvgIpc) is 2.68. The predicted octanol–water partition coefficient (Wildman–Crippen LogP) is 0.458. The summed E-state index contributed by atoms with van der Waals surface area (Å²) in [6.45, 7) is 10.2. The number of hydrogen-bond acceptors (Lipinski definition) is 5. The Morgan fingerprint density at radius 2 is 1.56 bits per heavy atom. The van der Waals surface area contributed by atoms with Crippen LogP contribution >= 0.6 is 0 Å². The van der Waals surface area contributed by atoms with Gasteiger partial charge in [-0.3, -0.25) is 30.1 Å². The van der Waals surface area contributed by atoms with Crippen LogP contribution in [0.15, 0.2) is 24.3 Å². The van der Waals surface area contributed by atoms with E-state index in [0.717, 1.165) is 18.8 Å². The first-order valence-electron chi connectivity index (χ1n) is 9.36. The quantitative estimate of drug-likeness (QED) is 0.706. The summed E-state index contributed by atoms with van der Waals surface area (Å²) < 4.78 is 0. The molecule has 0 aliphatic carbocycles. The number of nitrogens with one attached hydrogen (secondary N) is 2. The highest BCUT2D eigenvalue weighted by Crippen LogP contribution is 2.14. The van der Waals surface area contributed by atoms with E-state index in [1.807, 2.05) is 17.0 Å². The molecule has 8 heteroatoms. The summed E-state index contributed by atoms with van der Waals surface area (Å²) in [6.07, 6.45) is 0. The highest BCUT2D eigenvalue weighted by molar-refractivity contribution is 5.95. The van der Waals surface area contributed by atoms with Crippen molar-refractivity contribution in [3.63, 3.8) is 0 Å². The summed E-state index contributed by atoms with van der Waals surface area (Å²) in [4.78, 5) is 41.4. The first kappa shape index (κ1) is 20.7. The first-order valence-corrected chi connectivity index (χ1v) is 9.36. The van der Waals surface area contributed by atoms with Gasteiger partial charge in [0.05, 0.1) is 6.54 Å². The Morgan fingerprint density at radius 3 is 2.07 bits per heavy atom. The van der Waals surface area contributed by atoms with Crippen LogP contribution in [0, 0.1) is 0 Å². The summed E-state index contributed by atoms with van der Waals surface area (Å²) >= 11 is 0. The number of amides is 3. The third-order valence-corrected chi connectivity index (χ3v) is 4.76. The van der Waals surface area contributed by atoms with Crippen molar-refractivity contribution in [1.29, 1.82) is 0 Å². The Morgan fingerprint density at radius 1 is 0.963 bits per heavy atom. The van der Waals surface area contributed by atoms with E-state index in [-0.39, 0.29) is 24.3 Å². The third-order valence-electron chi connectivity index (χ3n) is 4.76. The smallest absolute Gasteiger partial charge is 0.269 e. The molecule has 1 aromatic rings. The van der Waals surface area contributed by atoms with Crippen LogP contribution in [0.2, 0.25) is 0 Å². The lowest BCUT2D eigenvalue weighted by Gasteiger charge is -2.33. The van der Waals surface area contributed by atoms with E-state index >= 15 is 0 Å². The van der Waals surface area contributed by atoms with Gasteiger partial charge in [0.2, 0.25) is 5.91 Å². The number of carbonyl (C=O) groups is 3. The van der Waals surface area contributed by atoms with E-state index in [4.69, 9.17) is 0 Å². The second kappa shape index (κ2) is 9.91. The molecule has 1 heterocycles. The second-order valence-corrected chi connectivity index (χ2v) is 6.50. The van der Waals surface area contributed by atoms with Gasteiger partial charge in [0.15, 0.2) is 0 Å². The van der Waals surface area contributed by atoms with Gasteiger partial charge in [0.1, 0.15) is 0 Å². The Bertz CT molecular complexity index is 650. The van der Waals surface area contributed by atoms with Crippen LogP contribution in [-0.4, -0.2) is 73.3 Å². The molecule has 1 aliphatic rings. The average molecular weight is 375 g/mol. The van der Waals surface area contributed by atoms with Crippen molar-refractivity contribution in [1.82, 2.24) is 20.7 Å². The van der Waals surface area contributed by atoms with Crippen molar-refractivity contribution >= 4 is 23.4 Å². The highest BCUT2D eigenvalue weighted by atomic mass is 16.2. The van der Waals surface area contributed by atoms with E-state index < -0.39 is 0 Å². The fraction of sp³-hybridized carbons (Fsp3) is 0.526. The fourth-order valence-electron chi connectivity index (χ4n) is 3.07. The molecule has 1 fully saturated rings. The molecular formula is C19H29N5O3. The lowest BCUT2D eigenvalue weighted by molar-refractivity contribution is -0.131. The Hall–Kier alpha value is -2.61. The lowest BCUT2D eigenvalue weighted by atomic mass is 10.2. The number of anilines is 1. The van der Waals surface area contributed by atoms with Gasteiger partial charge < -0.3 is 9.80 Å². The van der Waals surface area contributed by atoms with E-state index in [0.29, 0.717) is 31.7 Å². The van der Waals surface area contributed by atoms with Crippen LogP contribution in [0.1, 0.15) is 31.1 Å². The molecule has 8 nitrogen and oxygen atoms in total. The zero-order valence-corrected chi connectivity index (χ0v) is 16.3. The maximum atomic E-state index is 12.2. The largest absolute Gasteiger partial charge is 0.372 e. The summed E-state index contributed by atoms with van der Waals surface area (Å²) in [5, 5.41) is 0. The maximum absolute atomic E-state index is 12.2. The van der Waals surface area contributed by atoms with Gasteiger partial charge in [-0.1, -0.05) is 0 Å². The molecule has 0 radical (unpaired) electrons. The van der Waals surface area contributed by atoms with Crippen molar-refractivity contribution in [3.8, 4) is 0 Å². The zero-order chi connectivity index (χ0) is 19.8. The number of hydrazine groups is 1. The van der Waals surface area contributed by atoms with Crippen LogP contribution in [0.25, 0.3) is 0 Å². The molecule has 2 rings (SSSR count). The van der Waals surface area contributed by atoms with E-state index in [1.54, 1.807) is 24.0 Å². The number of hydrogen-bond donors (Lipinski definition) is 2. The molecular weight excluding hydrogens is 346 g/mol. The summed E-state index contributed by atoms with van der Waals surface area (Å²) in [7, 11) is 0. The van der Waals surface area contributed by atoms with Crippen LogP contribution in [0.5, 0.6) is 0 Å². The monoisotopic (exact) mass is 375 g/mol. The van der Waals surface area contributed by atoms with Crippen molar-refractivity contribution in [2.45, 2.75) is 20.8 Å². The molecule has 148 valence electrons. The van der Waals surface area contributed by atoms with E-state index in [9.17, 15) is 14.4 Å². The molecule has 1 aliphatic heterocycles. The molecule has 0 aromatic heterocycles. The van der Waals surface area contributed by atoms with Gasteiger partial charge in [-0.05, 0) is 38.1 Å². The van der Waals surface area contributed by atoms with Crippen LogP contribution < -0.4 is 15.8 Å². The molecule has 27 heavy (non-hydrogen) atoms. The second-order valence-electron chi connectivity index (χ2n) is 6.50. The molecule has 0 atom stereocenters. The third kappa shape index (κ3) is 5.96. The molecule has 1 saturated heterocycles. The van der Waals surface area contributed by atoms with Crippen LogP contribution in [0.4, 0.5) is 5.69 Å². The first-order chi connectivity index (χ1) is 12.9. The minimum atomic E-state index is -0.351. The number of carbonyl (C=O) groups excluding carboxylic acids is 3. The van der Waals surface area contributed by atoms with Crippen molar-refractivity contribution < 1.29 is 14.4 Å². The van der Waals surface area contributed by atoms with Crippen molar-refractivity contribution in [2.24, 2.45) is 0 Å². The Balaban J connectivity index is 1.76. The van der Waals surface area contributed by atoms with Gasteiger partial charge in [-0.15, -0.1) is 0 Å². The van der Waals surface area contributed by atoms with Crippen LogP contribution in [-0.2, 0) is 9.59 Å². The van der Waals surface area contributed by atoms with Crippen molar-refractivity contribution in [3.05, 3.63) is 29.8 Å². The Labute approximate surface area is 160 Å². The van der Waals surface area contributed by atoms with E-state index in [2.05, 4.69) is 29.6 Å². The minimum Gasteiger partial charge on any atom is -0.372 e. The van der Waals surface area contributed by atoms with Crippen molar-refractivity contribution in [2.75, 3.05) is 50.7 Å². The number of rotatable bonds is 6. The SMILES string of the molecule is CCN(CC)c1ccc(C(=O)NNC(=O)CN2CCN(C(C)=O)CC2)cc1. The molecule has 0 unspecified atom stereocenters. The topological polar surface area (TPSA) is 85.0 Å². The van der Waals surface area contributed by atoms with Gasteiger partial charge in [0, 0.05) is 57.4 Å². The maximum Gasteiger partial charge on any atom is 0.269 e. The van der Waals surface area contributed by atoms with Gasteiger partial charge in [-0.25, -0.2) is 0 Å². The number of benzene rings is 1.